The molecule has 0 bridgehead atoms. The number of hydrogen-bond acceptors (Lipinski definition) is 8. The van der Waals surface area contributed by atoms with Gasteiger partial charge in [0.25, 0.3) is 0 Å². The summed E-state index contributed by atoms with van der Waals surface area (Å²) in [5, 5.41) is 3.97. The van der Waals surface area contributed by atoms with Gasteiger partial charge in [-0.25, -0.2) is 12.8 Å². The molecule has 1 fully saturated rings. The molecule has 1 aliphatic rings. The minimum atomic E-state index is -4.97. The van der Waals surface area contributed by atoms with E-state index in [9.17, 15) is 35.6 Å². The Labute approximate surface area is 208 Å². The summed E-state index contributed by atoms with van der Waals surface area (Å²) in [5.74, 6) is -7.72. The topological polar surface area (TPSA) is 119 Å². The third kappa shape index (κ3) is 5.56. The zero-order chi connectivity index (χ0) is 27.1. The van der Waals surface area contributed by atoms with Gasteiger partial charge in [-0.05, 0) is 29.8 Å². The number of halogens is 4. The molecule has 198 valence electrons. The van der Waals surface area contributed by atoms with E-state index >= 15 is 0 Å². The van der Waals surface area contributed by atoms with Crippen molar-refractivity contribution in [1.82, 2.24) is 19.1 Å². The number of piperidine rings is 1. The SMILES string of the molecule is CN(Cc1ccc(F)cc1)c1nc(C2C(=O)CN(S(C)(=O)=O)CC2C(F)(F)F)nn1C(=O)c1ccco1. The maximum absolute atomic E-state index is 14.0. The summed E-state index contributed by atoms with van der Waals surface area (Å²) < 4.78 is 85.4. The van der Waals surface area contributed by atoms with Crippen LogP contribution in [0.25, 0.3) is 0 Å². The quantitative estimate of drug-likeness (QED) is 0.435. The minimum absolute atomic E-state index is 0.0625. The summed E-state index contributed by atoms with van der Waals surface area (Å²) in [6.07, 6.45) is -3.04. The van der Waals surface area contributed by atoms with Crippen LogP contribution in [0.4, 0.5) is 23.5 Å². The number of alkyl halides is 3. The lowest BCUT2D eigenvalue weighted by Crippen LogP contribution is -2.52. The molecule has 0 saturated carbocycles. The molecule has 1 aromatic carbocycles. The third-order valence-corrected chi connectivity index (χ3v) is 7.07. The van der Waals surface area contributed by atoms with Crippen molar-refractivity contribution in [2.45, 2.75) is 18.6 Å². The predicted octanol–water partition coefficient (Wildman–Crippen LogP) is 2.44. The fourth-order valence-electron chi connectivity index (χ4n) is 4.03. The van der Waals surface area contributed by atoms with E-state index in [0.29, 0.717) is 16.1 Å². The standard InChI is InChI=1S/C22H21F4N5O5S/c1-29(10-13-5-7-14(23)8-6-13)21-27-19(28-31(21)20(33)17-4-3-9-36-17)18-15(22(24,25)26)11-30(12-16(18)32)37(2,34)35/h3-9,15,18H,10-12H2,1-2H3. The van der Waals surface area contributed by atoms with Crippen LogP contribution in [0.5, 0.6) is 0 Å². The molecular weight excluding hydrogens is 522 g/mol. The summed E-state index contributed by atoms with van der Waals surface area (Å²) in [6.45, 7) is -1.73. The van der Waals surface area contributed by atoms with Gasteiger partial charge in [0.05, 0.1) is 30.9 Å². The molecular formula is C22H21F4N5O5S. The summed E-state index contributed by atoms with van der Waals surface area (Å²) in [4.78, 5) is 31.5. The summed E-state index contributed by atoms with van der Waals surface area (Å²) in [6, 6.07) is 8.14. The van der Waals surface area contributed by atoms with Gasteiger partial charge in [0.15, 0.2) is 17.4 Å². The van der Waals surface area contributed by atoms with Gasteiger partial charge in [-0.1, -0.05) is 12.1 Å². The Morgan fingerprint density at radius 3 is 2.46 bits per heavy atom. The van der Waals surface area contributed by atoms with E-state index in [2.05, 4.69) is 10.1 Å². The number of carbonyl (C=O) groups excluding carboxylic acids is 2. The van der Waals surface area contributed by atoms with Crippen LogP contribution in [0.3, 0.4) is 0 Å². The van der Waals surface area contributed by atoms with E-state index in [1.165, 1.54) is 54.6 Å². The molecule has 1 aliphatic heterocycles. The van der Waals surface area contributed by atoms with Crippen LogP contribution in [0, 0.1) is 11.7 Å². The number of anilines is 1. The number of furan rings is 1. The highest BCUT2D eigenvalue weighted by Crippen LogP contribution is 2.41. The Morgan fingerprint density at radius 1 is 1.22 bits per heavy atom. The van der Waals surface area contributed by atoms with Crippen molar-refractivity contribution in [2.75, 3.05) is 31.3 Å². The maximum atomic E-state index is 14.0. The van der Waals surface area contributed by atoms with Crippen LogP contribution in [0.15, 0.2) is 47.1 Å². The second-order valence-corrected chi connectivity index (χ2v) is 10.6. The maximum Gasteiger partial charge on any atom is 0.394 e. The fraction of sp³-hybridized carbons (Fsp3) is 0.364. The van der Waals surface area contributed by atoms with E-state index < -0.39 is 64.5 Å². The highest BCUT2D eigenvalue weighted by atomic mass is 32.2. The van der Waals surface area contributed by atoms with Crippen molar-refractivity contribution < 1.29 is 40.0 Å². The average Bonchev–Trinajstić information content (AvgIpc) is 3.49. The molecule has 2 atom stereocenters. The van der Waals surface area contributed by atoms with Crippen LogP contribution in [0.2, 0.25) is 0 Å². The molecule has 0 amide bonds. The summed E-state index contributed by atoms with van der Waals surface area (Å²) in [5.41, 5.74) is 0.594. The number of nitrogens with zero attached hydrogens (tertiary/aromatic N) is 5. The van der Waals surface area contributed by atoms with Gasteiger partial charge in [0.1, 0.15) is 5.82 Å². The largest absolute Gasteiger partial charge is 0.459 e. The van der Waals surface area contributed by atoms with Crippen molar-refractivity contribution in [3.8, 4) is 0 Å². The smallest absolute Gasteiger partial charge is 0.394 e. The molecule has 0 aliphatic carbocycles. The van der Waals surface area contributed by atoms with Gasteiger partial charge in [-0.2, -0.15) is 27.1 Å². The minimum Gasteiger partial charge on any atom is -0.459 e. The second kappa shape index (κ2) is 9.70. The van der Waals surface area contributed by atoms with Crippen molar-refractivity contribution in [3.05, 3.63) is 65.6 Å². The molecule has 0 N–H and O–H groups in total. The third-order valence-electron chi connectivity index (χ3n) is 5.85. The first-order chi connectivity index (χ1) is 17.3. The molecule has 2 unspecified atom stereocenters. The number of hydrogen-bond donors (Lipinski definition) is 0. The molecule has 1 saturated heterocycles. The predicted molar refractivity (Wildman–Crippen MR) is 121 cm³/mol. The highest BCUT2D eigenvalue weighted by molar-refractivity contribution is 7.88. The molecule has 3 aromatic rings. The van der Waals surface area contributed by atoms with Crippen LogP contribution >= 0.6 is 0 Å². The molecule has 10 nitrogen and oxygen atoms in total. The Hall–Kier alpha value is -3.59. The summed E-state index contributed by atoms with van der Waals surface area (Å²) in [7, 11) is -2.61. The lowest BCUT2D eigenvalue weighted by Gasteiger charge is -2.35. The van der Waals surface area contributed by atoms with Crippen molar-refractivity contribution in [3.63, 3.8) is 0 Å². The molecule has 2 aromatic heterocycles. The first-order valence-electron chi connectivity index (χ1n) is 10.8. The van der Waals surface area contributed by atoms with Gasteiger partial charge in [0.2, 0.25) is 16.0 Å². The van der Waals surface area contributed by atoms with Gasteiger partial charge < -0.3 is 9.32 Å². The van der Waals surface area contributed by atoms with E-state index in [4.69, 9.17) is 4.42 Å². The number of carbonyl (C=O) groups is 2. The van der Waals surface area contributed by atoms with Crippen molar-refractivity contribution in [1.29, 1.82) is 0 Å². The number of benzene rings is 1. The van der Waals surface area contributed by atoms with Gasteiger partial charge in [-0.3, -0.25) is 9.59 Å². The number of rotatable bonds is 6. The monoisotopic (exact) mass is 543 g/mol. The van der Waals surface area contributed by atoms with Gasteiger partial charge in [0, 0.05) is 20.1 Å². The van der Waals surface area contributed by atoms with Gasteiger partial charge in [-0.15, -0.1) is 5.10 Å². The Kier molecular flexibility index (Phi) is 6.94. The molecule has 4 rings (SSSR count). The first kappa shape index (κ1) is 26.5. The lowest BCUT2D eigenvalue weighted by atomic mass is 9.84. The van der Waals surface area contributed by atoms with E-state index in [1.54, 1.807) is 0 Å². The van der Waals surface area contributed by atoms with Crippen molar-refractivity contribution in [2.24, 2.45) is 5.92 Å². The first-order valence-corrected chi connectivity index (χ1v) is 12.7. The Balaban J connectivity index is 1.77. The van der Waals surface area contributed by atoms with E-state index in [0.717, 1.165) is 4.68 Å². The molecule has 0 spiro atoms. The van der Waals surface area contributed by atoms with E-state index in [-0.39, 0.29) is 18.3 Å². The van der Waals surface area contributed by atoms with Crippen LogP contribution in [-0.2, 0) is 21.4 Å². The van der Waals surface area contributed by atoms with Crippen LogP contribution in [0.1, 0.15) is 27.9 Å². The average molecular weight is 543 g/mol. The van der Waals surface area contributed by atoms with Crippen LogP contribution < -0.4 is 4.90 Å². The summed E-state index contributed by atoms with van der Waals surface area (Å²) >= 11 is 0. The van der Waals surface area contributed by atoms with E-state index in [1.807, 2.05) is 0 Å². The number of aromatic nitrogens is 3. The van der Waals surface area contributed by atoms with Gasteiger partial charge >= 0.3 is 12.1 Å². The Morgan fingerprint density at radius 2 is 1.89 bits per heavy atom. The number of ketones is 1. The van der Waals surface area contributed by atoms with Crippen LogP contribution in [-0.4, -0.2) is 71.7 Å². The normalized spacial score (nSPS) is 19.2. The molecule has 3 heterocycles. The zero-order valence-corrected chi connectivity index (χ0v) is 20.3. The molecule has 0 radical (unpaired) electrons. The lowest BCUT2D eigenvalue weighted by molar-refractivity contribution is -0.190. The van der Waals surface area contributed by atoms with Crippen molar-refractivity contribution >= 4 is 27.7 Å². The molecule has 15 heteroatoms. The highest BCUT2D eigenvalue weighted by Gasteiger charge is 2.54. The number of Topliss-reactive ketones (excluding diaryl/α,β-unsaturated/α-hetero) is 1. The number of sulfonamides is 1. The fourth-order valence-corrected chi connectivity index (χ4v) is 4.82. The zero-order valence-electron chi connectivity index (χ0n) is 19.5. The molecule has 37 heavy (non-hydrogen) atoms. The second-order valence-electron chi connectivity index (χ2n) is 8.59. The Bertz CT molecular complexity index is 1400.